The standard InChI is InChI=1S/C23H13BrCl2N2O4/c24-14-7-5-13(6-8-14)20(29)12-27(21(30)18-10-9-15(25)11-19(18)26)28-22(31)16-3-1-2-4-17(16)23(28)32/h1-11H,12H2. The Balaban J connectivity index is 1.75. The second-order valence-corrected chi connectivity index (χ2v) is 8.64. The minimum absolute atomic E-state index is 0.00349. The van der Waals surface area contributed by atoms with Crippen LogP contribution in [-0.2, 0) is 0 Å². The monoisotopic (exact) mass is 530 g/mol. The number of hydrazine groups is 1. The highest BCUT2D eigenvalue weighted by Crippen LogP contribution is 2.28. The van der Waals surface area contributed by atoms with Crippen molar-refractivity contribution < 1.29 is 19.2 Å². The van der Waals surface area contributed by atoms with Crippen molar-refractivity contribution >= 4 is 62.6 Å². The van der Waals surface area contributed by atoms with E-state index in [1.54, 1.807) is 36.4 Å². The number of benzene rings is 3. The molecule has 1 aliphatic heterocycles. The summed E-state index contributed by atoms with van der Waals surface area (Å²) in [5, 5.41) is 1.85. The molecule has 0 saturated heterocycles. The third kappa shape index (κ3) is 4.07. The first-order chi connectivity index (χ1) is 15.3. The summed E-state index contributed by atoms with van der Waals surface area (Å²) in [4.78, 5) is 52.4. The van der Waals surface area contributed by atoms with E-state index in [1.807, 2.05) is 0 Å². The van der Waals surface area contributed by atoms with Gasteiger partial charge in [0.15, 0.2) is 5.78 Å². The van der Waals surface area contributed by atoms with Gasteiger partial charge >= 0.3 is 0 Å². The molecule has 0 radical (unpaired) electrons. The Hall–Kier alpha value is -3.00. The number of ketones is 1. The fourth-order valence-electron chi connectivity index (χ4n) is 3.29. The molecule has 6 nitrogen and oxygen atoms in total. The number of halogens is 3. The summed E-state index contributed by atoms with van der Waals surface area (Å²) in [6, 6.07) is 16.9. The molecule has 0 aromatic heterocycles. The van der Waals surface area contributed by atoms with Crippen LogP contribution >= 0.6 is 39.1 Å². The quantitative estimate of drug-likeness (QED) is 0.331. The topological polar surface area (TPSA) is 74.8 Å². The molecule has 1 aliphatic rings. The number of hydrogen-bond acceptors (Lipinski definition) is 4. The maximum atomic E-state index is 13.4. The van der Waals surface area contributed by atoms with Crippen molar-refractivity contribution in [2.24, 2.45) is 0 Å². The summed E-state index contributed by atoms with van der Waals surface area (Å²) in [6.07, 6.45) is 0. The molecule has 1 heterocycles. The molecule has 0 bridgehead atoms. The van der Waals surface area contributed by atoms with Gasteiger partial charge in [-0.3, -0.25) is 19.2 Å². The van der Waals surface area contributed by atoms with Crippen molar-refractivity contribution in [2.45, 2.75) is 0 Å². The highest BCUT2D eigenvalue weighted by atomic mass is 79.9. The van der Waals surface area contributed by atoms with Crippen LogP contribution in [0.4, 0.5) is 0 Å². The molecule has 3 aromatic carbocycles. The molecule has 9 heteroatoms. The molecule has 0 spiro atoms. The van der Waals surface area contributed by atoms with Crippen molar-refractivity contribution in [2.75, 3.05) is 6.54 Å². The molecule has 3 amide bonds. The van der Waals surface area contributed by atoms with Gasteiger partial charge in [0.1, 0.15) is 6.54 Å². The highest BCUT2D eigenvalue weighted by molar-refractivity contribution is 9.10. The first kappa shape index (κ1) is 22.2. The lowest BCUT2D eigenvalue weighted by molar-refractivity contribution is 0.00532. The molecule has 0 unspecified atom stereocenters. The lowest BCUT2D eigenvalue weighted by atomic mass is 10.1. The summed E-state index contributed by atoms with van der Waals surface area (Å²) in [5.41, 5.74) is 0.600. The summed E-state index contributed by atoms with van der Waals surface area (Å²) in [5.74, 6) is -2.65. The Morgan fingerprint density at radius 1 is 0.875 bits per heavy atom. The molecule has 0 atom stereocenters. The smallest absolute Gasteiger partial charge is 0.280 e. The van der Waals surface area contributed by atoms with E-state index in [0.29, 0.717) is 15.6 Å². The van der Waals surface area contributed by atoms with Crippen LogP contribution in [0.2, 0.25) is 10.0 Å². The zero-order chi connectivity index (χ0) is 23.0. The minimum Gasteiger partial charge on any atom is -0.292 e. The molecular formula is C23H13BrCl2N2O4. The lowest BCUT2D eigenvalue weighted by Gasteiger charge is -2.29. The van der Waals surface area contributed by atoms with Crippen molar-refractivity contribution in [3.8, 4) is 0 Å². The Kier molecular flexibility index (Phi) is 6.15. The minimum atomic E-state index is -0.786. The van der Waals surface area contributed by atoms with Crippen molar-refractivity contribution in [3.63, 3.8) is 0 Å². The van der Waals surface area contributed by atoms with E-state index in [1.165, 1.54) is 30.3 Å². The summed E-state index contributed by atoms with van der Waals surface area (Å²) >= 11 is 15.4. The molecule has 0 fully saturated rings. The average molecular weight is 532 g/mol. The number of Topliss-reactive ketones (excluding diaryl/α,β-unsaturated/α-hetero) is 1. The van der Waals surface area contributed by atoms with Crippen LogP contribution in [0.1, 0.15) is 41.4 Å². The van der Waals surface area contributed by atoms with Gasteiger partial charge in [-0.1, -0.05) is 63.4 Å². The van der Waals surface area contributed by atoms with Gasteiger partial charge in [0.05, 0.1) is 21.7 Å². The number of hydrogen-bond donors (Lipinski definition) is 0. The highest BCUT2D eigenvalue weighted by Gasteiger charge is 2.42. The predicted molar refractivity (Wildman–Crippen MR) is 123 cm³/mol. The van der Waals surface area contributed by atoms with Gasteiger partial charge in [-0.15, -0.1) is 0 Å². The van der Waals surface area contributed by atoms with E-state index in [-0.39, 0.29) is 21.7 Å². The van der Waals surface area contributed by atoms with Gasteiger partial charge in [-0.25, -0.2) is 5.01 Å². The van der Waals surface area contributed by atoms with E-state index in [0.717, 1.165) is 9.48 Å². The summed E-state index contributed by atoms with van der Waals surface area (Å²) in [7, 11) is 0. The van der Waals surface area contributed by atoms with Crippen LogP contribution in [-0.4, -0.2) is 40.1 Å². The van der Waals surface area contributed by atoms with Gasteiger partial charge < -0.3 is 0 Å². The van der Waals surface area contributed by atoms with E-state index in [2.05, 4.69) is 15.9 Å². The van der Waals surface area contributed by atoms with Crippen molar-refractivity contribution in [3.05, 3.63) is 104 Å². The van der Waals surface area contributed by atoms with Crippen LogP contribution in [0.25, 0.3) is 0 Å². The fourth-order valence-corrected chi connectivity index (χ4v) is 4.05. The second-order valence-electron chi connectivity index (χ2n) is 6.88. The molecule has 32 heavy (non-hydrogen) atoms. The number of fused-ring (bicyclic) bond motifs is 1. The SMILES string of the molecule is O=C(CN(C(=O)c1ccc(Cl)cc1Cl)N1C(=O)c2ccccc2C1=O)c1ccc(Br)cc1. The average Bonchev–Trinajstić information content (AvgIpc) is 3.02. The number of nitrogens with zero attached hydrogens (tertiary/aromatic N) is 2. The largest absolute Gasteiger partial charge is 0.292 e. The molecule has 3 aromatic rings. The maximum Gasteiger partial charge on any atom is 0.280 e. The van der Waals surface area contributed by atoms with E-state index >= 15 is 0 Å². The normalized spacial score (nSPS) is 12.7. The Labute approximate surface area is 201 Å². The summed E-state index contributed by atoms with van der Waals surface area (Å²) < 4.78 is 0.773. The molecular weight excluding hydrogens is 519 g/mol. The van der Waals surface area contributed by atoms with Crippen LogP contribution in [0, 0.1) is 0 Å². The third-order valence-corrected chi connectivity index (χ3v) is 5.95. The second kappa shape index (κ2) is 8.86. The van der Waals surface area contributed by atoms with Crippen molar-refractivity contribution in [1.29, 1.82) is 0 Å². The zero-order valence-electron chi connectivity index (χ0n) is 16.2. The fraction of sp³-hybridized carbons (Fsp3) is 0.0435. The molecule has 4 rings (SSSR count). The van der Waals surface area contributed by atoms with Gasteiger partial charge in [0, 0.05) is 15.1 Å². The number of carbonyl (C=O) groups is 4. The Morgan fingerprint density at radius 2 is 1.47 bits per heavy atom. The molecule has 0 aliphatic carbocycles. The number of imide groups is 1. The molecule has 0 N–H and O–H groups in total. The maximum absolute atomic E-state index is 13.4. The van der Waals surface area contributed by atoms with E-state index in [9.17, 15) is 19.2 Å². The van der Waals surface area contributed by atoms with Crippen molar-refractivity contribution in [1.82, 2.24) is 10.0 Å². The number of carbonyl (C=O) groups excluding carboxylic acids is 4. The third-order valence-electron chi connectivity index (χ3n) is 4.87. The van der Waals surface area contributed by atoms with Crippen LogP contribution in [0.5, 0.6) is 0 Å². The van der Waals surface area contributed by atoms with Gasteiger partial charge in [-0.05, 0) is 42.5 Å². The Morgan fingerprint density at radius 3 is 2.03 bits per heavy atom. The first-order valence-corrected chi connectivity index (χ1v) is 10.9. The Bertz CT molecular complexity index is 1240. The van der Waals surface area contributed by atoms with Gasteiger partial charge in [0.2, 0.25) is 0 Å². The van der Waals surface area contributed by atoms with Crippen LogP contribution in [0.3, 0.4) is 0 Å². The number of amides is 3. The zero-order valence-corrected chi connectivity index (χ0v) is 19.3. The van der Waals surface area contributed by atoms with Gasteiger partial charge in [0.25, 0.3) is 17.7 Å². The lowest BCUT2D eigenvalue weighted by Crippen LogP contribution is -2.51. The van der Waals surface area contributed by atoms with Gasteiger partial charge in [-0.2, -0.15) is 5.01 Å². The van der Waals surface area contributed by atoms with Crippen LogP contribution < -0.4 is 0 Å². The number of rotatable bonds is 5. The predicted octanol–water partition coefficient (Wildman–Crippen LogP) is 5.29. The van der Waals surface area contributed by atoms with E-state index in [4.69, 9.17) is 23.2 Å². The molecule has 0 saturated carbocycles. The van der Waals surface area contributed by atoms with E-state index < -0.39 is 30.0 Å². The first-order valence-electron chi connectivity index (χ1n) is 9.31. The van der Waals surface area contributed by atoms with Crippen LogP contribution in [0.15, 0.2) is 71.2 Å². The summed E-state index contributed by atoms with van der Waals surface area (Å²) in [6.45, 7) is -0.551. The molecule has 160 valence electrons.